The van der Waals surface area contributed by atoms with Crippen LogP contribution in [0.1, 0.15) is 37.2 Å². The average Bonchev–Trinajstić information content (AvgIpc) is 3.09. The molecule has 0 radical (unpaired) electrons. The van der Waals surface area contributed by atoms with Crippen molar-refractivity contribution in [3.05, 3.63) is 24.2 Å². The minimum atomic E-state index is -0.0616. The maximum atomic E-state index is 12.7. The number of piperazine rings is 1. The number of hydrogen-bond acceptors (Lipinski definition) is 4. The van der Waals surface area contributed by atoms with Crippen molar-refractivity contribution in [3.8, 4) is 0 Å². The molecular formula is C17H25N3O3. The minimum Gasteiger partial charge on any atom is -0.459 e. The molecule has 0 aromatic carbocycles. The highest BCUT2D eigenvalue weighted by Crippen LogP contribution is 2.21. The first-order valence-corrected chi connectivity index (χ1v) is 8.45. The second-order valence-electron chi connectivity index (χ2n) is 6.59. The first kappa shape index (κ1) is 16.1. The van der Waals surface area contributed by atoms with Gasteiger partial charge in [-0.2, -0.15) is 0 Å². The number of carbonyl (C=O) groups excluding carboxylic acids is 2. The van der Waals surface area contributed by atoms with Crippen LogP contribution in [0.3, 0.4) is 0 Å². The number of amides is 2. The monoisotopic (exact) mass is 319 g/mol. The predicted molar refractivity (Wildman–Crippen MR) is 86.1 cm³/mol. The molecule has 6 heteroatoms. The van der Waals surface area contributed by atoms with Gasteiger partial charge in [0.2, 0.25) is 5.91 Å². The Morgan fingerprint density at radius 3 is 2.57 bits per heavy atom. The van der Waals surface area contributed by atoms with Gasteiger partial charge in [-0.25, -0.2) is 0 Å². The lowest BCUT2D eigenvalue weighted by molar-refractivity contribution is -0.142. The van der Waals surface area contributed by atoms with Crippen LogP contribution in [0, 0.1) is 0 Å². The fourth-order valence-corrected chi connectivity index (χ4v) is 3.52. The molecule has 3 heterocycles. The number of piperidine rings is 1. The lowest BCUT2D eigenvalue weighted by atomic mass is 10.0. The zero-order valence-corrected chi connectivity index (χ0v) is 13.9. The van der Waals surface area contributed by atoms with Crippen LogP contribution in [0.15, 0.2) is 22.8 Å². The summed E-state index contributed by atoms with van der Waals surface area (Å²) in [6, 6.07) is 3.66. The SMILES string of the molecule is CC(C)N1CCC[C@@H](N2CCN(C(=O)c3ccco3)CC2)C1=O. The van der Waals surface area contributed by atoms with Crippen LogP contribution in [0.4, 0.5) is 0 Å². The molecule has 2 amide bonds. The molecule has 1 aromatic rings. The van der Waals surface area contributed by atoms with E-state index < -0.39 is 0 Å². The van der Waals surface area contributed by atoms with Crippen molar-refractivity contribution in [1.82, 2.24) is 14.7 Å². The third-order valence-electron chi connectivity index (χ3n) is 4.84. The first-order valence-electron chi connectivity index (χ1n) is 8.45. The third kappa shape index (κ3) is 3.27. The van der Waals surface area contributed by atoms with Gasteiger partial charge in [0, 0.05) is 38.8 Å². The van der Waals surface area contributed by atoms with Gasteiger partial charge in [-0.1, -0.05) is 0 Å². The summed E-state index contributed by atoms with van der Waals surface area (Å²) in [4.78, 5) is 31.0. The van der Waals surface area contributed by atoms with Crippen molar-refractivity contribution >= 4 is 11.8 Å². The summed E-state index contributed by atoms with van der Waals surface area (Å²) in [6.07, 6.45) is 3.50. The smallest absolute Gasteiger partial charge is 0.289 e. The summed E-state index contributed by atoms with van der Waals surface area (Å²) < 4.78 is 5.18. The van der Waals surface area contributed by atoms with Gasteiger partial charge in [-0.05, 0) is 38.8 Å². The van der Waals surface area contributed by atoms with Crippen molar-refractivity contribution < 1.29 is 14.0 Å². The molecule has 23 heavy (non-hydrogen) atoms. The molecule has 2 aliphatic rings. The van der Waals surface area contributed by atoms with Crippen molar-refractivity contribution in [2.75, 3.05) is 32.7 Å². The highest BCUT2D eigenvalue weighted by molar-refractivity contribution is 5.91. The Kier molecular flexibility index (Phi) is 4.71. The summed E-state index contributed by atoms with van der Waals surface area (Å²) in [7, 11) is 0. The Balaban J connectivity index is 1.58. The summed E-state index contributed by atoms with van der Waals surface area (Å²) in [5, 5.41) is 0. The number of carbonyl (C=O) groups is 2. The van der Waals surface area contributed by atoms with Crippen LogP contribution in [0.2, 0.25) is 0 Å². The number of rotatable bonds is 3. The van der Waals surface area contributed by atoms with Crippen LogP contribution in [-0.2, 0) is 4.79 Å². The number of likely N-dealkylation sites (tertiary alicyclic amines) is 1. The fourth-order valence-electron chi connectivity index (χ4n) is 3.52. The van der Waals surface area contributed by atoms with Gasteiger partial charge in [-0.3, -0.25) is 14.5 Å². The Hall–Kier alpha value is -1.82. The normalized spacial score (nSPS) is 23.6. The lowest BCUT2D eigenvalue weighted by Gasteiger charge is -2.43. The van der Waals surface area contributed by atoms with E-state index >= 15 is 0 Å². The number of nitrogens with zero attached hydrogens (tertiary/aromatic N) is 3. The van der Waals surface area contributed by atoms with Gasteiger partial charge in [0.1, 0.15) is 0 Å². The molecule has 6 nitrogen and oxygen atoms in total. The van der Waals surface area contributed by atoms with Gasteiger partial charge in [0.15, 0.2) is 5.76 Å². The highest BCUT2D eigenvalue weighted by atomic mass is 16.3. The molecule has 0 unspecified atom stereocenters. The highest BCUT2D eigenvalue weighted by Gasteiger charge is 2.36. The molecule has 2 aliphatic heterocycles. The summed E-state index contributed by atoms with van der Waals surface area (Å²) in [5.74, 6) is 0.573. The third-order valence-corrected chi connectivity index (χ3v) is 4.84. The van der Waals surface area contributed by atoms with E-state index in [-0.39, 0.29) is 23.9 Å². The van der Waals surface area contributed by atoms with E-state index in [4.69, 9.17) is 4.42 Å². The minimum absolute atomic E-state index is 0.0213. The molecule has 126 valence electrons. The fraction of sp³-hybridized carbons (Fsp3) is 0.647. The van der Waals surface area contributed by atoms with Crippen molar-refractivity contribution in [2.45, 2.75) is 38.8 Å². The van der Waals surface area contributed by atoms with E-state index in [2.05, 4.69) is 18.7 Å². The number of hydrogen-bond donors (Lipinski definition) is 0. The topological polar surface area (TPSA) is 57.0 Å². The predicted octanol–water partition coefficient (Wildman–Crippen LogP) is 1.44. The molecule has 0 N–H and O–H groups in total. The number of furan rings is 1. The van der Waals surface area contributed by atoms with Crippen LogP contribution >= 0.6 is 0 Å². The molecule has 0 aliphatic carbocycles. The van der Waals surface area contributed by atoms with Crippen molar-refractivity contribution in [1.29, 1.82) is 0 Å². The largest absolute Gasteiger partial charge is 0.459 e. The summed E-state index contributed by atoms with van der Waals surface area (Å²) in [6.45, 7) is 7.78. The van der Waals surface area contributed by atoms with Crippen LogP contribution in [-0.4, -0.2) is 71.3 Å². The molecule has 1 atom stereocenters. The maximum Gasteiger partial charge on any atom is 0.289 e. The molecule has 1 aromatic heterocycles. The second kappa shape index (κ2) is 6.74. The van der Waals surface area contributed by atoms with Gasteiger partial charge in [0.05, 0.1) is 12.3 Å². The Labute approximate surface area is 137 Å². The maximum absolute atomic E-state index is 12.7. The molecule has 0 spiro atoms. The average molecular weight is 319 g/mol. The van der Waals surface area contributed by atoms with Crippen molar-refractivity contribution in [3.63, 3.8) is 0 Å². The first-order chi connectivity index (χ1) is 11.1. The Morgan fingerprint density at radius 2 is 1.96 bits per heavy atom. The summed E-state index contributed by atoms with van der Waals surface area (Å²) in [5.41, 5.74) is 0. The lowest BCUT2D eigenvalue weighted by Crippen LogP contribution is -2.59. The Bertz CT molecular complexity index is 547. The second-order valence-corrected chi connectivity index (χ2v) is 6.59. The van der Waals surface area contributed by atoms with Gasteiger partial charge in [0.25, 0.3) is 5.91 Å². The zero-order chi connectivity index (χ0) is 16.4. The van der Waals surface area contributed by atoms with E-state index in [1.165, 1.54) is 6.26 Å². The molecule has 2 fully saturated rings. The van der Waals surface area contributed by atoms with E-state index in [0.29, 0.717) is 18.8 Å². The van der Waals surface area contributed by atoms with E-state index in [9.17, 15) is 9.59 Å². The standard InChI is InChI=1S/C17H25N3O3/c1-13(2)20-7-3-5-14(16(20)21)18-8-10-19(11-9-18)17(22)15-6-4-12-23-15/h4,6,12-14H,3,5,7-11H2,1-2H3/t14-/m1/s1. The van der Waals surface area contributed by atoms with Crippen LogP contribution in [0.5, 0.6) is 0 Å². The molecule has 2 saturated heterocycles. The van der Waals surface area contributed by atoms with E-state index in [1.54, 1.807) is 12.1 Å². The van der Waals surface area contributed by atoms with Gasteiger partial charge in [-0.15, -0.1) is 0 Å². The molecule has 0 saturated carbocycles. The summed E-state index contributed by atoms with van der Waals surface area (Å²) >= 11 is 0. The van der Waals surface area contributed by atoms with Crippen LogP contribution < -0.4 is 0 Å². The molecule has 3 rings (SSSR count). The molecule has 0 bridgehead atoms. The van der Waals surface area contributed by atoms with Crippen molar-refractivity contribution in [2.24, 2.45) is 0 Å². The Morgan fingerprint density at radius 1 is 1.22 bits per heavy atom. The van der Waals surface area contributed by atoms with E-state index in [0.717, 1.165) is 32.5 Å². The molecular weight excluding hydrogens is 294 g/mol. The van der Waals surface area contributed by atoms with Gasteiger partial charge >= 0.3 is 0 Å². The van der Waals surface area contributed by atoms with Gasteiger partial charge < -0.3 is 14.2 Å². The van der Waals surface area contributed by atoms with Crippen LogP contribution in [0.25, 0.3) is 0 Å². The van der Waals surface area contributed by atoms with E-state index in [1.807, 2.05) is 9.80 Å². The zero-order valence-electron chi connectivity index (χ0n) is 13.9. The quantitative estimate of drug-likeness (QED) is 0.846.